The van der Waals surface area contributed by atoms with E-state index in [9.17, 15) is 0 Å². The van der Waals surface area contributed by atoms with E-state index in [1.165, 1.54) is 0 Å². The largest absolute Gasteiger partial charge is 0.361 e. The Balaban J connectivity index is 2.34. The SMILES string of the molecule is [N-]=[N+]=C1CC=CCC1=Nc1ccccc1. The predicted molar refractivity (Wildman–Crippen MR) is 60.5 cm³/mol. The van der Waals surface area contributed by atoms with Crippen molar-refractivity contribution in [1.29, 1.82) is 0 Å². The van der Waals surface area contributed by atoms with Crippen molar-refractivity contribution in [2.75, 3.05) is 0 Å². The molecule has 1 aromatic rings. The zero-order chi connectivity index (χ0) is 10.5. The molecule has 0 amide bonds. The van der Waals surface area contributed by atoms with E-state index in [2.05, 4.69) is 9.78 Å². The first-order valence-corrected chi connectivity index (χ1v) is 4.89. The number of hydrogen-bond donors (Lipinski definition) is 0. The van der Waals surface area contributed by atoms with Crippen molar-refractivity contribution in [3.8, 4) is 0 Å². The summed E-state index contributed by atoms with van der Waals surface area (Å²) in [4.78, 5) is 7.70. The van der Waals surface area contributed by atoms with Gasteiger partial charge in [-0.25, -0.2) is 4.99 Å². The lowest BCUT2D eigenvalue weighted by Crippen LogP contribution is -2.16. The molecule has 0 radical (unpaired) electrons. The highest BCUT2D eigenvalue weighted by Crippen LogP contribution is 2.14. The molecule has 0 fully saturated rings. The van der Waals surface area contributed by atoms with E-state index in [0.29, 0.717) is 12.1 Å². The Labute approximate surface area is 88.4 Å². The maximum absolute atomic E-state index is 8.81. The molecule has 0 saturated heterocycles. The van der Waals surface area contributed by atoms with Crippen molar-refractivity contribution < 1.29 is 4.79 Å². The van der Waals surface area contributed by atoms with Crippen LogP contribution in [0.2, 0.25) is 0 Å². The van der Waals surface area contributed by atoms with Crippen LogP contribution in [-0.2, 0) is 0 Å². The summed E-state index contributed by atoms with van der Waals surface area (Å²) in [6, 6.07) is 9.69. The molecule has 0 aromatic heterocycles. The Hall–Kier alpha value is -1.99. The lowest BCUT2D eigenvalue weighted by Gasteiger charge is -2.02. The number of nitrogens with zero attached hydrogens (tertiary/aromatic N) is 3. The minimum Gasteiger partial charge on any atom is -0.361 e. The summed E-state index contributed by atoms with van der Waals surface area (Å²) >= 11 is 0. The zero-order valence-corrected chi connectivity index (χ0v) is 8.30. The topological polar surface area (TPSA) is 48.8 Å². The fourth-order valence-corrected chi connectivity index (χ4v) is 1.49. The number of rotatable bonds is 1. The first-order chi connectivity index (χ1) is 7.40. The summed E-state index contributed by atoms with van der Waals surface area (Å²) in [6.07, 6.45) is 5.41. The first kappa shape index (κ1) is 9.56. The molecular formula is C12H11N3. The first-order valence-electron chi connectivity index (χ1n) is 4.89. The third-order valence-corrected chi connectivity index (χ3v) is 2.26. The summed E-state index contributed by atoms with van der Waals surface area (Å²) in [7, 11) is 0. The van der Waals surface area contributed by atoms with Crippen molar-refractivity contribution in [2.24, 2.45) is 4.99 Å². The van der Waals surface area contributed by atoms with E-state index in [1.807, 2.05) is 42.5 Å². The van der Waals surface area contributed by atoms with Gasteiger partial charge in [0.1, 0.15) is 5.71 Å². The predicted octanol–water partition coefficient (Wildman–Crippen LogP) is 2.78. The van der Waals surface area contributed by atoms with Crippen LogP contribution in [0.1, 0.15) is 12.8 Å². The summed E-state index contributed by atoms with van der Waals surface area (Å²) in [5.74, 6) is 0. The smallest absolute Gasteiger partial charge is 0.317 e. The Morgan fingerprint density at radius 2 is 1.80 bits per heavy atom. The van der Waals surface area contributed by atoms with Gasteiger partial charge in [-0.15, -0.1) is 0 Å². The van der Waals surface area contributed by atoms with E-state index >= 15 is 0 Å². The molecule has 1 aliphatic carbocycles. The van der Waals surface area contributed by atoms with Crippen LogP contribution in [0.3, 0.4) is 0 Å². The molecule has 74 valence electrons. The van der Waals surface area contributed by atoms with Gasteiger partial charge in [0.2, 0.25) is 0 Å². The van der Waals surface area contributed by atoms with Crippen LogP contribution in [0.5, 0.6) is 0 Å². The van der Waals surface area contributed by atoms with Gasteiger partial charge in [0, 0.05) is 6.42 Å². The van der Waals surface area contributed by atoms with Gasteiger partial charge in [0.25, 0.3) is 0 Å². The fraction of sp³-hybridized carbons (Fsp3) is 0.167. The van der Waals surface area contributed by atoms with Crippen molar-refractivity contribution in [2.45, 2.75) is 12.8 Å². The standard InChI is InChI=1S/C12H11N3/c13-15-12-9-5-4-8-11(12)14-10-6-2-1-3-7-10/h1-7H,8-9H2. The normalized spacial score (nSPS) is 17.9. The van der Waals surface area contributed by atoms with E-state index in [1.54, 1.807) is 0 Å². The Bertz CT molecular complexity index is 451. The highest BCUT2D eigenvalue weighted by molar-refractivity contribution is 6.41. The number of benzene rings is 1. The zero-order valence-electron chi connectivity index (χ0n) is 8.30. The summed E-state index contributed by atoms with van der Waals surface area (Å²) in [6.45, 7) is 0. The van der Waals surface area contributed by atoms with Gasteiger partial charge >= 0.3 is 5.71 Å². The molecule has 0 aliphatic heterocycles. The van der Waals surface area contributed by atoms with Gasteiger partial charge < -0.3 is 5.53 Å². The summed E-state index contributed by atoms with van der Waals surface area (Å²) in [5.41, 5.74) is 11.2. The van der Waals surface area contributed by atoms with Crippen LogP contribution < -0.4 is 0 Å². The maximum Gasteiger partial charge on any atom is 0.317 e. The number of hydrogen-bond acceptors (Lipinski definition) is 1. The highest BCUT2D eigenvalue weighted by Gasteiger charge is 2.17. The molecule has 1 aliphatic rings. The molecule has 1 aromatic carbocycles. The van der Waals surface area contributed by atoms with Crippen molar-refractivity contribution in [3.63, 3.8) is 0 Å². The summed E-state index contributed by atoms with van der Waals surface area (Å²) in [5, 5.41) is 0. The van der Waals surface area contributed by atoms with E-state index < -0.39 is 0 Å². The van der Waals surface area contributed by atoms with Gasteiger partial charge in [-0.2, -0.15) is 4.79 Å². The minimum absolute atomic E-state index is 0.654. The third-order valence-electron chi connectivity index (χ3n) is 2.26. The number of allylic oxidation sites excluding steroid dienone is 2. The minimum atomic E-state index is 0.654. The average Bonchev–Trinajstić information content (AvgIpc) is 2.31. The van der Waals surface area contributed by atoms with E-state index in [4.69, 9.17) is 5.53 Å². The van der Waals surface area contributed by atoms with E-state index in [-0.39, 0.29) is 0 Å². The third kappa shape index (κ3) is 2.27. The van der Waals surface area contributed by atoms with Crippen molar-refractivity contribution in [1.82, 2.24) is 0 Å². The lowest BCUT2D eigenvalue weighted by molar-refractivity contribution is -0.00380. The molecular weight excluding hydrogens is 186 g/mol. The van der Waals surface area contributed by atoms with Gasteiger partial charge in [-0.3, -0.25) is 0 Å². The van der Waals surface area contributed by atoms with Gasteiger partial charge in [-0.1, -0.05) is 30.4 Å². The van der Waals surface area contributed by atoms with E-state index in [0.717, 1.165) is 17.8 Å². The second kappa shape index (κ2) is 4.49. The molecule has 3 heteroatoms. The van der Waals surface area contributed by atoms with Gasteiger partial charge in [0.15, 0.2) is 0 Å². The molecule has 2 rings (SSSR count). The van der Waals surface area contributed by atoms with Crippen LogP contribution in [0.15, 0.2) is 47.5 Å². The van der Waals surface area contributed by atoms with Gasteiger partial charge in [0.05, 0.1) is 12.1 Å². The molecule has 3 nitrogen and oxygen atoms in total. The number of para-hydroxylation sites is 1. The molecule has 0 heterocycles. The summed E-state index contributed by atoms with van der Waals surface area (Å²) < 4.78 is 0. The Kier molecular flexibility index (Phi) is 2.86. The Morgan fingerprint density at radius 3 is 2.53 bits per heavy atom. The fourth-order valence-electron chi connectivity index (χ4n) is 1.49. The van der Waals surface area contributed by atoms with Crippen LogP contribution in [0, 0.1) is 0 Å². The van der Waals surface area contributed by atoms with Crippen molar-refractivity contribution in [3.05, 3.63) is 48.0 Å². The molecule has 0 saturated carbocycles. The van der Waals surface area contributed by atoms with Crippen LogP contribution in [0.4, 0.5) is 5.69 Å². The van der Waals surface area contributed by atoms with Gasteiger partial charge in [-0.05, 0) is 12.1 Å². The number of aliphatic imine (C=N–C) groups is 1. The molecule has 0 atom stereocenters. The van der Waals surface area contributed by atoms with Crippen LogP contribution >= 0.6 is 0 Å². The molecule has 15 heavy (non-hydrogen) atoms. The highest BCUT2D eigenvalue weighted by atomic mass is 14.9. The lowest BCUT2D eigenvalue weighted by atomic mass is 10.0. The molecule has 0 bridgehead atoms. The monoisotopic (exact) mass is 197 g/mol. The maximum atomic E-state index is 8.81. The van der Waals surface area contributed by atoms with Crippen LogP contribution in [0.25, 0.3) is 5.53 Å². The second-order valence-corrected chi connectivity index (χ2v) is 3.32. The second-order valence-electron chi connectivity index (χ2n) is 3.32. The quantitative estimate of drug-likeness (QED) is 0.377. The molecule has 0 spiro atoms. The molecule has 0 unspecified atom stereocenters. The van der Waals surface area contributed by atoms with Crippen molar-refractivity contribution >= 4 is 17.1 Å². The Morgan fingerprint density at radius 1 is 1.07 bits per heavy atom. The molecule has 0 N–H and O–H groups in total. The van der Waals surface area contributed by atoms with Crippen LogP contribution in [-0.4, -0.2) is 16.2 Å². The average molecular weight is 197 g/mol.